The predicted molar refractivity (Wildman–Crippen MR) is 151 cm³/mol. The van der Waals surface area contributed by atoms with Crippen molar-refractivity contribution in [2.24, 2.45) is 0 Å². The monoisotopic (exact) mass is 546 g/mol. The summed E-state index contributed by atoms with van der Waals surface area (Å²) >= 11 is 0. The molecule has 1 amide bonds. The number of carbonyl (C=O) groups excluding carboxylic acids is 1. The zero-order chi connectivity index (χ0) is 28.9. The molecule has 210 valence electrons. The van der Waals surface area contributed by atoms with Gasteiger partial charge in [0.15, 0.2) is 6.10 Å². The number of benzene rings is 3. The lowest BCUT2D eigenvalue weighted by molar-refractivity contribution is -0.160. The normalized spacial score (nSPS) is 15.1. The maximum atomic E-state index is 13.9. The second-order valence-electron chi connectivity index (χ2n) is 11.5. The average molecular weight is 547 g/mol. The average Bonchev–Trinajstić information content (AvgIpc) is 3.35. The summed E-state index contributed by atoms with van der Waals surface area (Å²) in [6, 6.07) is 9.56. The molecule has 0 aliphatic carbocycles. The van der Waals surface area contributed by atoms with E-state index >= 15 is 0 Å². The number of rotatable bonds is 5. The van der Waals surface area contributed by atoms with Gasteiger partial charge in [0.05, 0.1) is 11.3 Å². The standard InChI is InChI=1S/C32H35FN2O5/c1-17-23-15-35(30(36)20-8-7-9-21(33)14-20)16-24(23)18(2)27(29(31(37)38)40-32(4,5)6)26(17)22-10-11-25-28(19(22)3)34-12-13-39-25/h7-11,14,29,34H,12-13,15-16H2,1-6H3,(H,37,38)/t29-/m0/s1. The van der Waals surface area contributed by atoms with Crippen molar-refractivity contribution < 1.29 is 28.6 Å². The molecule has 0 radical (unpaired) electrons. The number of anilines is 1. The van der Waals surface area contributed by atoms with Crippen LogP contribution in [0.4, 0.5) is 10.1 Å². The number of hydrogen-bond donors (Lipinski definition) is 2. The lowest BCUT2D eigenvalue weighted by Gasteiger charge is -2.31. The van der Waals surface area contributed by atoms with Crippen molar-refractivity contribution in [3.8, 4) is 16.9 Å². The highest BCUT2D eigenvalue weighted by molar-refractivity contribution is 5.95. The molecule has 3 aromatic carbocycles. The van der Waals surface area contributed by atoms with Crippen LogP contribution >= 0.6 is 0 Å². The Morgan fingerprint density at radius 1 is 1.05 bits per heavy atom. The number of carboxylic acids is 1. The molecule has 2 heterocycles. The van der Waals surface area contributed by atoms with Gasteiger partial charge in [0.2, 0.25) is 0 Å². The van der Waals surface area contributed by atoms with E-state index in [4.69, 9.17) is 9.47 Å². The topological polar surface area (TPSA) is 88.1 Å². The number of amides is 1. The van der Waals surface area contributed by atoms with Gasteiger partial charge in [-0.15, -0.1) is 0 Å². The number of hydrogen-bond acceptors (Lipinski definition) is 5. The summed E-state index contributed by atoms with van der Waals surface area (Å²) in [6.07, 6.45) is -1.23. The molecule has 2 aliphatic rings. The van der Waals surface area contributed by atoms with Gasteiger partial charge in [-0.25, -0.2) is 9.18 Å². The van der Waals surface area contributed by atoms with Gasteiger partial charge >= 0.3 is 5.97 Å². The molecule has 0 fully saturated rings. The lowest BCUT2D eigenvalue weighted by atomic mass is 9.81. The van der Waals surface area contributed by atoms with Crippen LogP contribution in [0, 0.1) is 26.6 Å². The highest BCUT2D eigenvalue weighted by Gasteiger charge is 2.37. The summed E-state index contributed by atoms with van der Waals surface area (Å²) in [7, 11) is 0. The van der Waals surface area contributed by atoms with Crippen molar-refractivity contribution in [2.75, 3.05) is 18.5 Å². The van der Waals surface area contributed by atoms with Gasteiger partial charge in [-0.3, -0.25) is 4.79 Å². The minimum absolute atomic E-state index is 0.273. The van der Waals surface area contributed by atoms with Crippen LogP contribution in [-0.2, 0) is 22.6 Å². The maximum Gasteiger partial charge on any atom is 0.337 e. The molecule has 7 nitrogen and oxygen atoms in total. The Morgan fingerprint density at radius 3 is 2.40 bits per heavy atom. The van der Waals surface area contributed by atoms with Crippen molar-refractivity contribution in [3.05, 3.63) is 81.2 Å². The molecule has 8 heteroatoms. The molecule has 0 spiro atoms. The van der Waals surface area contributed by atoms with Crippen molar-refractivity contribution >= 4 is 17.6 Å². The molecular formula is C32H35FN2O5. The van der Waals surface area contributed by atoms with E-state index < -0.39 is 23.5 Å². The Kier molecular flexibility index (Phi) is 7.08. The number of halogens is 1. The van der Waals surface area contributed by atoms with E-state index in [9.17, 15) is 19.1 Å². The van der Waals surface area contributed by atoms with Gasteiger partial charge in [0, 0.05) is 30.8 Å². The fraction of sp³-hybridized carbons (Fsp3) is 0.375. The number of carboxylic acid groups (broad SMARTS) is 1. The van der Waals surface area contributed by atoms with Crippen molar-refractivity contribution in [3.63, 3.8) is 0 Å². The second kappa shape index (κ2) is 10.2. The van der Waals surface area contributed by atoms with E-state index in [-0.39, 0.29) is 11.5 Å². The third-order valence-electron chi connectivity index (χ3n) is 7.69. The number of nitrogens with zero attached hydrogens (tertiary/aromatic N) is 1. The molecular weight excluding hydrogens is 511 g/mol. The van der Waals surface area contributed by atoms with E-state index in [0.717, 1.165) is 50.4 Å². The first-order chi connectivity index (χ1) is 18.9. The SMILES string of the molecule is Cc1c(-c2c(C)c3c(c(C)c2[C@H](OC(C)(C)C)C(=O)O)CN(C(=O)c2cccc(F)c2)C3)ccc2c1NCCO2. The molecule has 1 atom stereocenters. The minimum Gasteiger partial charge on any atom is -0.490 e. The maximum absolute atomic E-state index is 13.9. The third-order valence-corrected chi connectivity index (χ3v) is 7.69. The molecule has 40 heavy (non-hydrogen) atoms. The van der Waals surface area contributed by atoms with Crippen LogP contribution in [0.1, 0.15) is 70.6 Å². The van der Waals surface area contributed by atoms with Crippen LogP contribution < -0.4 is 10.1 Å². The Balaban J connectivity index is 1.71. The second-order valence-corrected chi connectivity index (χ2v) is 11.5. The molecule has 0 saturated heterocycles. The summed E-state index contributed by atoms with van der Waals surface area (Å²) in [5.74, 6) is -1.06. The molecule has 0 aromatic heterocycles. The summed E-state index contributed by atoms with van der Waals surface area (Å²) in [5.41, 5.74) is 7.21. The van der Waals surface area contributed by atoms with E-state index in [1.54, 1.807) is 11.0 Å². The highest BCUT2D eigenvalue weighted by Crippen LogP contribution is 2.47. The van der Waals surface area contributed by atoms with Gasteiger partial charge in [-0.1, -0.05) is 12.1 Å². The van der Waals surface area contributed by atoms with Crippen LogP contribution in [0.3, 0.4) is 0 Å². The fourth-order valence-corrected chi connectivity index (χ4v) is 5.86. The first kappa shape index (κ1) is 27.6. The van der Waals surface area contributed by atoms with Gasteiger partial charge in [-0.05, 0) is 105 Å². The summed E-state index contributed by atoms with van der Waals surface area (Å²) in [4.78, 5) is 27.9. The molecule has 0 bridgehead atoms. The van der Waals surface area contributed by atoms with Crippen LogP contribution in [0.15, 0.2) is 36.4 Å². The molecule has 3 aromatic rings. The largest absolute Gasteiger partial charge is 0.490 e. The summed E-state index contributed by atoms with van der Waals surface area (Å²) in [6.45, 7) is 13.3. The summed E-state index contributed by atoms with van der Waals surface area (Å²) in [5, 5.41) is 13.9. The zero-order valence-corrected chi connectivity index (χ0v) is 23.8. The smallest absolute Gasteiger partial charge is 0.337 e. The van der Waals surface area contributed by atoms with Gasteiger partial charge in [-0.2, -0.15) is 0 Å². The summed E-state index contributed by atoms with van der Waals surface area (Å²) < 4.78 is 25.9. The van der Waals surface area contributed by atoms with E-state index in [0.29, 0.717) is 31.8 Å². The van der Waals surface area contributed by atoms with Gasteiger partial charge in [0.25, 0.3) is 5.91 Å². The number of ether oxygens (including phenoxy) is 2. The Labute approximate surface area is 233 Å². The van der Waals surface area contributed by atoms with E-state index in [1.165, 1.54) is 18.2 Å². The fourth-order valence-electron chi connectivity index (χ4n) is 5.86. The predicted octanol–water partition coefficient (Wildman–Crippen LogP) is 6.32. The molecule has 2 aliphatic heterocycles. The Hall–Kier alpha value is -3.91. The molecule has 5 rings (SSSR count). The van der Waals surface area contributed by atoms with E-state index in [1.807, 2.05) is 53.7 Å². The minimum atomic E-state index is -1.23. The van der Waals surface area contributed by atoms with Crippen LogP contribution in [0.25, 0.3) is 11.1 Å². The van der Waals surface area contributed by atoms with Crippen LogP contribution in [0.5, 0.6) is 5.75 Å². The quantitative estimate of drug-likeness (QED) is 0.390. The molecule has 2 N–H and O–H groups in total. The molecule has 0 saturated carbocycles. The Morgan fingerprint density at radius 2 is 1.75 bits per heavy atom. The third kappa shape index (κ3) is 4.92. The van der Waals surface area contributed by atoms with Crippen LogP contribution in [-0.4, -0.2) is 40.6 Å². The van der Waals surface area contributed by atoms with Crippen LogP contribution in [0.2, 0.25) is 0 Å². The van der Waals surface area contributed by atoms with Crippen molar-refractivity contribution in [1.29, 1.82) is 0 Å². The zero-order valence-electron chi connectivity index (χ0n) is 23.8. The number of carbonyl (C=O) groups is 2. The molecule has 0 unspecified atom stereocenters. The number of nitrogens with one attached hydrogen (secondary N) is 1. The van der Waals surface area contributed by atoms with Crippen molar-refractivity contribution in [2.45, 2.75) is 66.3 Å². The number of aliphatic carboxylic acids is 1. The first-order valence-corrected chi connectivity index (χ1v) is 13.5. The first-order valence-electron chi connectivity index (χ1n) is 13.5. The lowest BCUT2D eigenvalue weighted by Crippen LogP contribution is -2.29. The Bertz CT molecular complexity index is 1520. The van der Waals surface area contributed by atoms with Crippen molar-refractivity contribution in [1.82, 2.24) is 4.90 Å². The number of fused-ring (bicyclic) bond motifs is 2. The highest BCUT2D eigenvalue weighted by atomic mass is 19.1. The van der Waals surface area contributed by atoms with Gasteiger partial charge < -0.3 is 24.8 Å². The van der Waals surface area contributed by atoms with Gasteiger partial charge in [0.1, 0.15) is 18.2 Å². The van der Waals surface area contributed by atoms with E-state index in [2.05, 4.69) is 5.32 Å².